The highest BCUT2D eigenvalue weighted by Gasteiger charge is 2.13. The number of hydrogen-bond donors (Lipinski definition) is 2. The minimum Gasteiger partial charge on any atom is -0.478 e. The number of rotatable bonds is 2. The van der Waals surface area contributed by atoms with Gasteiger partial charge in [-0.1, -0.05) is 18.2 Å². The molecule has 5 nitrogen and oxygen atoms in total. The topological polar surface area (TPSA) is 80.6 Å². The van der Waals surface area contributed by atoms with Crippen LogP contribution in [0.1, 0.15) is 10.4 Å². The Morgan fingerprint density at radius 3 is 2.84 bits per heavy atom. The van der Waals surface area contributed by atoms with E-state index in [9.17, 15) is 9.90 Å². The highest BCUT2D eigenvalue weighted by Crippen LogP contribution is 2.23. The van der Waals surface area contributed by atoms with Crippen LogP contribution < -0.4 is 5.73 Å². The molecule has 0 atom stereocenters. The van der Waals surface area contributed by atoms with E-state index >= 15 is 0 Å². The highest BCUT2D eigenvalue weighted by molar-refractivity contribution is 5.95. The van der Waals surface area contributed by atoms with Gasteiger partial charge in [-0.3, -0.25) is 0 Å². The first-order chi connectivity index (χ1) is 9.15. The van der Waals surface area contributed by atoms with E-state index in [1.54, 1.807) is 48.8 Å². The minimum absolute atomic E-state index is 0.235. The second-order valence-corrected chi connectivity index (χ2v) is 4.20. The van der Waals surface area contributed by atoms with Crippen LogP contribution in [0.4, 0.5) is 5.69 Å². The lowest BCUT2D eigenvalue weighted by Gasteiger charge is -2.01. The van der Waals surface area contributed by atoms with Crippen molar-refractivity contribution in [1.29, 1.82) is 0 Å². The number of benzene rings is 1. The molecule has 0 fully saturated rings. The van der Waals surface area contributed by atoms with Crippen molar-refractivity contribution < 1.29 is 9.90 Å². The van der Waals surface area contributed by atoms with E-state index in [-0.39, 0.29) is 5.56 Å². The number of carboxylic acids is 1. The highest BCUT2D eigenvalue weighted by atomic mass is 16.4. The van der Waals surface area contributed by atoms with Gasteiger partial charge in [0.25, 0.3) is 0 Å². The molecule has 1 aromatic carbocycles. The number of carboxylic acid groups (broad SMARTS) is 1. The molecule has 0 saturated carbocycles. The molecule has 3 N–H and O–H groups in total. The fourth-order valence-corrected chi connectivity index (χ4v) is 2.02. The molecule has 0 saturated heterocycles. The fourth-order valence-electron chi connectivity index (χ4n) is 2.02. The Morgan fingerprint density at radius 1 is 1.26 bits per heavy atom. The summed E-state index contributed by atoms with van der Waals surface area (Å²) in [6, 6.07) is 10.3. The number of aromatic nitrogens is 2. The van der Waals surface area contributed by atoms with E-state index in [0.29, 0.717) is 22.6 Å². The maximum atomic E-state index is 11.2. The first-order valence-electron chi connectivity index (χ1n) is 5.72. The molecule has 2 aromatic heterocycles. The maximum Gasteiger partial charge on any atom is 0.336 e. The Hall–Kier alpha value is -2.82. The number of carbonyl (C=O) groups is 1. The number of aromatic carboxylic acids is 1. The molecule has 0 aliphatic rings. The van der Waals surface area contributed by atoms with Gasteiger partial charge in [0.2, 0.25) is 0 Å². The second-order valence-electron chi connectivity index (χ2n) is 4.20. The van der Waals surface area contributed by atoms with E-state index in [0.717, 1.165) is 0 Å². The van der Waals surface area contributed by atoms with Crippen LogP contribution in [0.2, 0.25) is 0 Å². The van der Waals surface area contributed by atoms with E-state index in [2.05, 4.69) is 4.98 Å². The number of anilines is 1. The quantitative estimate of drug-likeness (QED) is 0.734. The Kier molecular flexibility index (Phi) is 2.45. The molecule has 0 spiro atoms. The molecule has 3 rings (SSSR count). The van der Waals surface area contributed by atoms with E-state index in [1.807, 2.05) is 4.40 Å². The van der Waals surface area contributed by atoms with Crippen LogP contribution in [0.3, 0.4) is 0 Å². The molecule has 0 aliphatic carbocycles. The zero-order valence-corrected chi connectivity index (χ0v) is 9.95. The number of pyridine rings is 1. The van der Waals surface area contributed by atoms with Crippen LogP contribution in [-0.2, 0) is 0 Å². The lowest BCUT2D eigenvalue weighted by molar-refractivity contribution is 0.0697. The third-order valence-electron chi connectivity index (χ3n) is 2.92. The molecular weight excluding hydrogens is 242 g/mol. The molecule has 0 amide bonds. The van der Waals surface area contributed by atoms with Crippen molar-refractivity contribution in [3.63, 3.8) is 0 Å². The summed E-state index contributed by atoms with van der Waals surface area (Å²) >= 11 is 0. The monoisotopic (exact) mass is 253 g/mol. The molecule has 0 aliphatic heterocycles. The summed E-state index contributed by atoms with van der Waals surface area (Å²) < 4.78 is 1.81. The minimum atomic E-state index is -0.966. The Bertz CT molecular complexity index is 777. The average molecular weight is 253 g/mol. The molecule has 0 unspecified atom stereocenters. The molecule has 0 bridgehead atoms. The standard InChI is InChI=1S/C14H11N3O2/c15-9-5-6-17-8-12(16-13(17)7-9)10-3-1-2-4-11(10)14(18)19/h1-8H,15H2,(H,18,19). The van der Waals surface area contributed by atoms with Crippen molar-refractivity contribution in [3.8, 4) is 11.3 Å². The van der Waals surface area contributed by atoms with Crippen LogP contribution in [0.15, 0.2) is 48.8 Å². The second kappa shape index (κ2) is 4.13. The van der Waals surface area contributed by atoms with E-state index in [1.165, 1.54) is 0 Å². The Balaban J connectivity index is 2.22. The van der Waals surface area contributed by atoms with Crippen LogP contribution in [0.5, 0.6) is 0 Å². The summed E-state index contributed by atoms with van der Waals surface area (Å²) in [5.41, 5.74) is 8.46. The predicted molar refractivity (Wildman–Crippen MR) is 72.0 cm³/mol. The van der Waals surface area contributed by atoms with Gasteiger partial charge in [0, 0.05) is 29.7 Å². The Morgan fingerprint density at radius 2 is 2.05 bits per heavy atom. The van der Waals surface area contributed by atoms with Crippen LogP contribution in [-0.4, -0.2) is 20.5 Å². The summed E-state index contributed by atoms with van der Waals surface area (Å²) in [6.07, 6.45) is 3.58. The normalized spacial score (nSPS) is 10.7. The van der Waals surface area contributed by atoms with Crippen LogP contribution >= 0.6 is 0 Å². The lowest BCUT2D eigenvalue weighted by atomic mass is 10.1. The summed E-state index contributed by atoms with van der Waals surface area (Å²) in [6.45, 7) is 0. The van der Waals surface area contributed by atoms with Crippen molar-refractivity contribution >= 4 is 17.3 Å². The maximum absolute atomic E-state index is 11.2. The number of imidazole rings is 1. The van der Waals surface area contributed by atoms with E-state index in [4.69, 9.17) is 5.73 Å². The molecule has 0 radical (unpaired) electrons. The van der Waals surface area contributed by atoms with E-state index < -0.39 is 5.97 Å². The van der Waals surface area contributed by atoms with Gasteiger partial charge in [-0.25, -0.2) is 9.78 Å². The zero-order chi connectivity index (χ0) is 13.4. The molecule has 5 heteroatoms. The zero-order valence-electron chi connectivity index (χ0n) is 9.95. The molecular formula is C14H11N3O2. The van der Waals surface area contributed by atoms with Crippen molar-refractivity contribution in [1.82, 2.24) is 9.38 Å². The third kappa shape index (κ3) is 1.91. The average Bonchev–Trinajstić information content (AvgIpc) is 2.81. The van der Waals surface area contributed by atoms with Gasteiger partial charge in [-0.2, -0.15) is 0 Å². The predicted octanol–water partition coefficient (Wildman–Crippen LogP) is 2.28. The number of hydrogen-bond acceptors (Lipinski definition) is 3. The number of nitrogens with two attached hydrogens (primary N) is 1. The van der Waals surface area contributed by atoms with Crippen LogP contribution in [0, 0.1) is 0 Å². The smallest absolute Gasteiger partial charge is 0.336 e. The number of nitrogens with zero attached hydrogens (tertiary/aromatic N) is 2. The van der Waals surface area contributed by atoms with Crippen molar-refractivity contribution in [2.75, 3.05) is 5.73 Å². The first kappa shape index (κ1) is 11.3. The van der Waals surface area contributed by atoms with Gasteiger partial charge >= 0.3 is 5.97 Å². The largest absolute Gasteiger partial charge is 0.478 e. The number of fused-ring (bicyclic) bond motifs is 1. The SMILES string of the molecule is Nc1ccn2cc(-c3ccccc3C(=O)O)nc2c1. The van der Waals surface area contributed by atoms with Crippen molar-refractivity contribution in [3.05, 3.63) is 54.4 Å². The van der Waals surface area contributed by atoms with Crippen molar-refractivity contribution in [2.45, 2.75) is 0 Å². The van der Waals surface area contributed by atoms with Crippen molar-refractivity contribution in [2.24, 2.45) is 0 Å². The lowest BCUT2D eigenvalue weighted by Crippen LogP contribution is -1.98. The molecule has 3 aromatic rings. The molecule has 2 heterocycles. The number of nitrogen functional groups attached to an aromatic ring is 1. The van der Waals surface area contributed by atoms with Gasteiger partial charge in [-0.05, 0) is 12.1 Å². The van der Waals surface area contributed by atoms with Gasteiger partial charge in [0.15, 0.2) is 0 Å². The summed E-state index contributed by atoms with van der Waals surface area (Å²) in [7, 11) is 0. The third-order valence-corrected chi connectivity index (χ3v) is 2.92. The molecule has 19 heavy (non-hydrogen) atoms. The fraction of sp³-hybridized carbons (Fsp3) is 0. The summed E-state index contributed by atoms with van der Waals surface area (Å²) in [5, 5.41) is 9.19. The van der Waals surface area contributed by atoms with Gasteiger partial charge in [0.05, 0.1) is 11.3 Å². The van der Waals surface area contributed by atoms with Gasteiger partial charge in [0.1, 0.15) is 5.65 Å². The van der Waals surface area contributed by atoms with Gasteiger partial charge in [-0.15, -0.1) is 0 Å². The summed E-state index contributed by atoms with van der Waals surface area (Å²) in [5.74, 6) is -0.966. The molecule has 94 valence electrons. The van der Waals surface area contributed by atoms with Gasteiger partial charge < -0.3 is 15.2 Å². The first-order valence-corrected chi connectivity index (χ1v) is 5.72. The summed E-state index contributed by atoms with van der Waals surface area (Å²) in [4.78, 5) is 15.6. The Labute approximate surface area is 108 Å². The van der Waals surface area contributed by atoms with Crippen LogP contribution in [0.25, 0.3) is 16.9 Å².